The molecule has 0 N–H and O–H groups in total. The molecule has 0 aromatic heterocycles. The van der Waals surface area contributed by atoms with Crippen molar-refractivity contribution < 1.29 is 14.3 Å². The maximum absolute atomic E-state index is 10.9. The molecule has 14 heavy (non-hydrogen) atoms. The molecule has 0 bridgehead atoms. The lowest BCUT2D eigenvalue weighted by molar-refractivity contribution is -0.141. The standard InChI is InChI=1S/C10H19NO3/c1-10(11(2)7-8-14-10)6-4-5-9(12)13-3/h4-8H2,1-3H3. The topological polar surface area (TPSA) is 38.8 Å². The summed E-state index contributed by atoms with van der Waals surface area (Å²) in [6.45, 7) is 3.82. The second kappa shape index (κ2) is 4.75. The van der Waals surface area contributed by atoms with Crippen LogP contribution in [-0.4, -0.2) is 43.9 Å². The van der Waals surface area contributed by atoms with Crippen molar-refractivity contribution in [1.29, 1.82) is 0 Å². The Morgan fingerprint density at radius 2 is 2.36 bits per heavy atom. The van der Waals surface area contributed by atoms with Gasteiger partial charge in [0.1, 0.15) is 5.72 Å². The van der Waals surface area contributed by atoms with E-state index in [1.165, 1.54) is 7.11 Å². The van der Waals surface area contributed by atoms with Gasteiger partial charge in [-0.15, -0.1) is 0 Å². The molecule has 0 aromatic carbocycles. The normalized spacial score (nSPS) is 27.9. The van der Waals surface area contributed by atoms with E-state index in [0.29, 0.717) is 6.42 Å². The van der Waals surface area contributed by atoms with Gasteiger partial charge in [0.05, 0.1) is 13.7 Å². The van der Waals surface area contributed by atoms with E-state index in [2.05, 4.69) is 16.6 Å². The average molecular weight is 201 g/mol. The van der Waals surface area contributed by atoms with Crippen molar-refractivity contribution in [3.05, 3.63) is 0 Å². The molecular formula is C10H19NO3. The zero-order valence-electron chi connectivity index (χ0n) is 9.21. The van der Waals surface area contributed by atoms with Gasteiger partial charge in [-0.3, -0.25) is 9.69 Å². The van der Waals surface area contributed by atoms with Gasteiger partial charge in [0.25, 0.3) is 0 Å². The molecule has 1 atom stereocenters. The molecule has 4 heteroatoms. The first-order valence-electron chi connectivity index (χ1n) is 5.00. The second-order valence-corrected chi connectivity index (χ2v) is 3.87. The van der Waals surface area contributed by atoms with Crippen LogP contribution in [0.2, 0.25) is 0 Å². The number of carbonyl (C=O) groups is 1. The van der Waals surface area contributed by atoms with Crippen LogP contribution < -0.4 is 0 Å². The third-order valence-electron chi connectivity index (χ3n) is 2.90. The van der Waals surface area contributed by atoms with Crippen molar-refractivity contribution in [3.63, 3.8) is 0 Å². The summed E-state index contributed by atoms with van der Waals surface area (Å²) in [4.78, 5) is 13.1. The van der Waals surface area contributed by atoms with Gasteiger partial charge in [0.15, 0.2) is 0 Å². The smallest absolute Gasteiger partial charge is 0.305 e. The molecular weight excluding hydrogens is 182 g/mol. The van der Waals surface area contributed by atoms with E-state index in [1.807, 2.05) is 7.05 Å². The lowest BCUT2D eigenvalue weighted by Crippen LogP contribution is -2.39. The fourth-order valence-corrected chi connectivity index (χ4v) is 1.67. The Kier molecular flexibility index (Phi) is 3.89. The van der Waals surface area contributed by atoms with E-state index in [0.717, 1.165) is 26.0 Å². The summed E-state index contributed by atoms with van der Waals surface area (Å²) in [6, 6.07) is 0. The van der Waals surface area contributed by atoms with Crippen LogP contribution in [-0.2, 0) is 14.3 Å². The van der Waals surface area contributed by atoms with Crippen molar-refractivity contribution in [2.75, 3.05) is 27.3 Å². The number of methoxy groups -OCH3 is 1. The lowest BCUT2D eigenvalue weighted by atomic mass is 10.1. The summed E-state index contributed by atoms with van der Waals surface area (Å²) in [5.74, 6) is -0.144. The highest BCUT2D eigenvalue weighted by atomic mass is 16.5. The van der Waals surface area contributed by atoms with Crippen molar-refractivity contribution in [2.45, 2.75) is 31.9 Å². The number of carbonyl (C=O) groups excluding carboxylic acids is 1. The number of rotatable bonds is 4. The highest BCUT2D eigenvalue weighted by Crippen LogP contribution is 2.26. The van der Waals surface area contributed by atoms with Gasteiger partial charge >= 0.3 is 5.97 Å². The summed E-state index contributed by atoms with van der Waals surface area (Å²) >= 11 is 0. The second-order valence-electron chi connectivity index (χ2n) is 3.87. The van der Waals surface area contributed by atoms with Crippen LogP contribution in [0.25, 0.3) is 0 Å². The molecule has 0 aliphatic carbocycles. The van der Waals surface area contributed by atoms with Gasteiger partial charge < -0.3 is 9.47 Å². The van der Waals surface area contributed by atoms with Gasteiger partial charge in [-0.25, -0.2) is 0 Å². The SMILES string of the molecule is COC(=O)CCCC1(C)OCCN1C. The van der Waals surface area contributed by atoms with E-state index < -0.39 is 0 Å². The number of esters is 1. The maximum Gasteiger partial charge on any atom is 0.305 e. The predicted molar refractivity (Wildman–Crippen MR) is 52.9 cm³/mol. The third-order valence-corrected chi connectivity index (χ3v) is 2.90. The van der Waals surface area contributed by atoms with Gasteiger partial charge in [-0.2, -0.15) is 0 Å². The van der Waals surface area contributed by atoms with Crippen LogP contribution in [0.1, 0.15) is 26.2 Å². The molecule has 0 amide bonds. The molecule has 1 aliphatic rings. The fourth-order valence-electron chi connectivity index (χ4n) is 1.67. The minimum absolute atomic E-state index is 0.144. The van der Waals surface area contributed by atoms with E-state index in [1.54, 1.807) is 0 Å². The Morgan fingerprint density at radius 1 is 1.64 bits per heavy atom. The van der Waals surface area contributed by atoms with Gasteiger partial charge in [0.2, 0.25) is 0 Å². The average Bonchev–Trinajstić information content (AvgIpc) is 2.47. The van der Waals surface area contributed by atoms with Crippen molar-refractivity contribution >= 4 is 5.97 Å². The van der Waals surface area contributed by atoms with E-state index in [9.17, 15) is 4.79 Å². The van der Waals surface area contributed by atoms with Crippen molar-refractivity contribution in [1.82, 2.24) is 4.90 Å². The van der Waals surface area contributed by atoms with Crippen molar-refractivity contribution in [2.24, 2.45) is 0 Å². The minimum Gasteiger partial charge on any atom is -0.469 e. The maximum atomic E-state index is 10.9. The number of nitrogens with zero attached hydrogens (tertiary/aromatic N) is 1. The zero-order valence-corrected chi connectivity index (χ0v) is 9.21. The van der Waals surface area contributed by atoms with Crippen LogP contribution >= 0.6 is 0 Å². The number of ether oxygens (including phenoxy) is 2. The predicted octanol–water partition coefficient (Wildman–Crippen LogP) is 1.01. The highest BCUT2D eigenvalue weighted by Gasteiger charge is 2.34. The van der Waals surface area contributed by atoms with Crippen LogP contribution in [0, 0.1) is 0 Å². The molecule has 1 rings (SSSR count). The molecule has 1 saturated heterocycles. The van der Waals surface area contributed by atoms with Crippen molar-refractivity contribution in [3.8, 4) is 0 Å². The summed E-state index contributed by atoms with van der Waals surface area (Å²) in [6.07, 6.45) is 2.16. The van der Waals surface area contributed by atoms with Gasteiger partial charge in [-0.1, -0.05) is 0 Å². The monoisotopic (exact) mass is 201 g/mol. The number of hydrogen-bond acceptors (Lipinski definition) is 4. The molecule has 1 unspecified atom stereocenters. The van der Waals surface area contributed by atoms with E-state index >= 15 is 0 Å². The molecule has 0 saturated carbocycles. The first kappa shape index (κ1) is 11.5. The summed E-state index contributed by atoms with van der Waals surface area (Å²) in [7, 11) is 3.47. The molecule has 1 fully saturated rings. The Balaban J connectivity index is 2.26. The van der Waals surface area contributed by atoms with E-state index in [4.69, 9.17) is 4.74 Å². The Hall–Kier alpha value is -0.610. The molecule has 4 nitrogen and oxygen atoms in total. The van der Waals surface area contributed by atoms with Crippen LogP contribution in [0.3, 0.4) is 0 Å². The highest BCUT2D eigenvalue weighted by molar-refractivity contribution is 5.68. The molecule has 0 aromatic rings. The zero-order chi connectivity index (χ0) is 10.6. The Bertz CT molecular complexity index is 208. The minimum atomic E-state index is -0.186. The number of hydrogen-bond donors (Lipinski definition) is 0. The largest absolute Gasteiger partial charge is 0.469 e. The molecule has 82 valence electrons. The first-order valence-corrected chi connectivity index (χ1v) is 5.00. The van der Waals surface area contributed by atoms with E-state index in [-0.39, 0.29) is 11.7 Å². The van der Waals surface area contributed by atoms with Gasteiger partial charge in [-0.05, 0) is 26.8 Å². The third kappa shape index (κ3) is 2.69. The number of likely N-dealkylation sites (N-methyl/N-ethyl adjacent to an activating group) is 1. The molecule has 0 radical (unpaired) electrons. The molecule has 0 spiro atoms. The lowest BCUT2D eigenvalue weighted by Gasteiger charge is -2.30. The van der Waals surface area contributed by atoms with Gasteiger partial charge in [0, 0.05) is 13.0 Å². The molecule has 1 heterocycles. The Morgan fingerprint density at radius 3 is 2.86 bits per heavy atom. The van der Waals surface area contributed by atoms with Crippen LogP contribution in [0.4, 0.5) is 0 Å². The van der Waals surface area contributed by atoms with Crippen LogP contribution in [0.15, 0.2) is 0 Å². The summed E-state index contributed by atoms with van der Waals surface area (Å²) < 4.78 is 10.2. The fraction of sp³-hybridized carbons (Fsp3) is 0.900. The Labute approximate surface area is 85.2 Å². The summed E-state index contributed by atoms with van der Waals surface area (Å²) in [5.41, 5.74) is -0.186. The molecule has 1 aliphatic heterocycles. The van der Waals surface area contributed by atoms with Crippen LogP contribution in [0.5, 0.6) is 0 Å². The summed E-state index contributed by atoms with van der Waals surface area (Å²) in [5, 5.41) is 0. The quantitative estimate of drug-likeness (QED) is 0.636. The first-order chi connectivity index (χ1) is 6.58.